The Kier molecular flexibility index (Phi) is 4.44. The third kappa shape index (κ3) is 3.01. The number of anilines is 1. The average Bonchev–Trinajstić information content (AvgIpc) is 2.47. The minimum absolute atomic E-state index is 0.210. The molecule has 0 saturated heterocycles. The number of halogens is 2. The molecular weight excluding hydrogens is 279 g/mol. The number of nitrogens with zero attached hydrogens (tertiary/aromatic N) is 1. The van der Waals surface area contributed by atoms with Gasteiger partial charge >= 0.3 is 0 Å². The van der Waals surface area contributed by atoms with Gasteiger partial charge in [0.25, 0.3) is 0 Å². The maximum absolute atomic E-state index is 13.6. The minimum atomic E-state index is -0.352. The molecule has 2 aromatic carbocycles. The first-order chi connectivity index (χ1) is 9.65. The van der Waals surface area contributed by atoms with Crippen LogP contribution in [0.2, 0.25) is 5.02 Å². The van der Waals surface area contributed by atoms with E-state index in [2.05, 4.69) is 11.4 Å². The topological polar surface area (TPSA) is 45.0 Å². The van der Waals surface area contributed by atoms with Crippen molar-refractivity contribution in [1.29, 1.82) is 5.26 Å². The van der Waals surface area contributed by atoms with Gasteiger partial charge in [0.2, 0.25) is 0 Å². The van der Waals surface area contributed by atoms with Gasteiger partial charge in [-0.25, -0.2) is 4.39 Å². The molecule has 0 spiro atoms. The summed E-state index contributed by atoms with van der Waals surface area (Å²) in [4.78, 5) is 0. The number of nitrogens with one attached hydrogen (secondary N) is 1. The van der Waals surface area contributed by atoms with Gasteiger partial charge in [0.15, 0.2) is 0 Å². The van der Waals surface area contributed by atoms with Gasteiger partial charge in [-0.05, 0) is 30.3 Å². The molecule has 0 amide bonds. The van der Waals surface area contributed by atoms with Gasteiger partial charge in [-0.3, -0.25) is 0 Å². The Balaban J connectivity index is 2.27. The van der Waals surface area contributed by atoms with Gasteiger partial charge in [-0.2, -0.15) is 5.26 Å². The molecule has 5 heteroatoms. The highest BCUT2D eigenvalue weighted by Crippen LogP contribution is 2.28. The van der Waals surface area contributed by atoms with Crippen molar-refractivity contribution in [2.75, 3.05) is 12.4 Å². The van der Waals surface area contributed by atoms with Crippen LogP contribution in [0.25, 0.3) is 0 Å². The summed E-state index contributed by atoms with van der Waals surface area (Å²) in [6.45, 7) is 0.210. The van der Waals surface area contributed by atoms with Crippen molar-refractivity contribution in [2.24, 2.45) is 0 Å². The fraction of sp³-hybridized carbons (Fsp3) is 0.133. The number of hydrogen-bond donors (Lipinski definition) is 1. The zero-order chi connectivity index (χ0) is 14.5. The lowest BCUT2D eigenvalue weighted by atomic mass is 10.1. The van der Waals surface area contributed by atoms with E-state index in [4.69, 9.17) is 21.6 Å². The number of ether oxygens (including phenoxy) is 1. The first kappa shape index (κ1) is 14.2. The summed E-state index contributed by atoms with van der Waals surface area (Å²) in [5.74, 6) is 0.182. The molecule has 0 aromatic heterocycles. The van der Waals surface area contributed by atoms with Crippen LogP contribution in [0.15, 0.2) is 36.4 Å². The second-order valence-corrected chi connectivity index (χ2v) is 4.52. The summed E-state index contributed by atoms with van der Waals surface area (Å²) in [6, 6.07) is 11.5. The molecule has 2 aromatic rings. The molecular formula is C15H12ClFN2O. The Morgan fingerprint density at radius 3 is 2.85 bits per heavy atom. The Bertz CT molecular complexity index is 667. The van der Waals surface area contributed by atoms with Gasteiger partial charge in [0.1, 0.15) is 17.6 Å². The summed E-state index contributed by atoms with van der Waals surface area (Å²) in [5.41, 5.74) is 1.40. The molecule has 0 saturated carbocycles. The van der Waals surface area contributed by atoms with E-state index < -0.39 is 0 Å². The lowest BCUT2D eigenvalue weighted by molar-refractivity contribution is 0.416. The quantitative estimate of drug-likeness (QED) is 0.926. The molecule has 0 unspecified atom stereocenters. The predicted molar refractivity (Wildman–Crippen MR) is 76.4 cm³/mol. The fourth-order valence-electron chi connectivity index (χ4n) is 1.84. The highest BCUT2D eigenvalue weighted by Gasteiger charge is 2.10. The predicted octanol–water partition coefficient (Wildman–Crippen LogP) is 3.97. The summed E-state index contributed by atoms with van der Waals surface area (Å²) < 4.78 is 18.8. The van der Waals surface area contributed by atoms with Gasteiger partial charge < -0.3 is 10.1 Å². The lowest BCUT2D eigenvalue weighted by Crippen LogP contribution is -2.05. The van der Waals surface area contributed by atoms with Crippen molar-refractivity contribution < 1.29 is 9.13 Å². The van der Waals surface area contributed by atoms with Crippen molar-refractivity contribution in [3.8, 4) is 11.8 Å². The summed E-state index contributed by atoms with van der Waals surface area (Å²) in [5, 5.41) is 12.6. The van der Waals surface area contributed by atoms with E-state index in [1.807, 2.05) is 0 Å². The van der Waals surface area contributed by atoms with Gasteiger partial charge in [-0.1, -0.05) is 17.7 Å². The molecule has 3 nitrogen and oxygen atoms in total. The van der Waals surface area contributed by atoms with Crippen molar-refractivity contribution in [3.63, 3.8) is 0 Å². The second kappa shape index (κ2) is 6.27. The number of rotatable bonds is 4. The summed E-state index contributed by atoms with van der Waals surface area (Å²) >= 11 is 5.84. The van der Waals surface area contributed by atoms with Gasteiger partial charge in [0, 0.05) is 17.1 Å². The maximum atomic E-state index is 13.6. The van der Waals surface area contributed by atoms with E-state index in [9.17, 15) is 4.39 Å². The maximum Gasteiger partial charge on any atom is 0.143 e. The molecule has 0 heterocycles. The Labute approximate surface area is 121 Å². The molecule has 0 aliphatic heterocycles. The monoisotopic (exact) mass is 290 g/mol. The van der Waals surface area contributed by atoms with Crippen molar-refractivity contribution in [3.05, 3.63) is 58.4 Å². The molecule has 2 rings (SSSR count). The zero-order valence-corrected chi connectivity index (χ0v) is 11.5. The molecule has 0 fully saturated rings. The van der Waals surface area contributed by atoms with E-state index in [1.165, 1.54) is 19.2 Å². The summed E-state index contributed by atoms with van der Waals surface area (Å²) in [7, 11) is 1.52. The van der Waals surface area contributed by atoms with Crippen LogP contribution in [-0.4, -0.2) is 7.11 Å². The highest BCUT2D eigenvalue weighted by atomic mass is 35.5. The van der Waals surface area contributed by atoms with Crippen molar-refractivity contribution in [1.82, 2.24) is 0 Å². The molecule has 0 atom stereocenters. The van der Waals surface area contributed by atoms with E-state index >= 15 is 0 Å². The molecule has 20 heavy (non-hydrogen) atoms. The van der Waals surface area contributed by atoms with Crippen LogP contribution in [0.4, 0.5) is 10.1 Å². The summed E-state index contributed by atoms with van der Waals surface area (Å²) in [6.07, 6.45) is 0. The van der Waals surface area contributed by atoms with Crippen LogP contribution in [0.5, 0.6) is 5.75 Å². The third-order valence-electron chi connectivity index (χ3n) is 2.83. The van der Waals surface area contributed by atoms with Gasteiger partial charge in [0.05, 0.1) is 18.4 Å². The highest BCUT2D eigenvalue weighted by molar-refractivity contribution is 6.30. The standard InChI is InChI=1S/C15H12ClFN2O/c1-20-14-4-2-3-10(8-18)15(14)19-9-11-7-12(16)5-6-13(11)17/h2-7,19H,9H2,1H3. The number of nitriles is 1. The molecule has 0 aliphatic carbocycles. The number of para-hydroxylation sites is 1. The fourth-order valence-corrected chi connectivity index (χ4v) is 2.03. The van der Waals surface area contributed by atoms with Crippen molar-refractivity contribution >= 4 is 17.3 Å². The third-order valence-corrected chi connectivity index (χ3v) is 3.07. The smallest absolute Gasteiger partial charge is 0.143 e. The molecule has 0 aliphatic rings. The largest absolute Gasteiger partial charge is 0.495 e. The van der Waals surface area contributed by atoms with Gasteiger partial charge in [-0.15, -0.1) is 0 Å². The normalized spacial score (nSPS) is 9.90. The van der Waals surface area contributed by atoms with E-state index in [0.29, 0.717) is 27.6 Å². The van der Waals surface area contributed by atoms with Crippen LogP contribution in [0.1, 0.15) is 11.1 Å². The van der Waals surface area contributed by atoms with Crippen molar-refractivity contribution in [2.45, 2.75) is 6.54 Å². The number of benzene rings is 2. The average molecular weight is 291 g/mol. The minimum Gasteiger partial charge on any atom is -0.495 e. The number of hydrogen-bond acceptors (Lipinski definition) is 3. The Morgan fingerprint density at radius 1 is 1.35 bits per heavy atom. The van der Waals surface area contributed by atoms with Crippen LogP contribution in [0, 0.1) is 17.1 Å². The molecule has 102 valence electrons. The SMILES string of the molecule is COc1cccc(C#N)c1NCc1cc(Cl)ccc1F. The second-order valence-electron chi connectivity index (χ2n) is 4.08. The lowest BCUT2D eigenvalue weighted by Gasteiger charge is -2.13. The van der Waals surface area contributed by atoms with Crippen LogP contribution >= 0.6 is 11.6 Å². The number of methoxy groups -OCH3 is 1. The van der Waals surface area contributed by atoms with E-state index in [0.717, 1.165) is 0 Å². The molecule has 0 radical (unpaired) electrons. The van der Waals surface area contributed by atoms with E-state index in [-0.39, 0.29) is 12.4 Å². The molecule has 0 bridgehead atoms. The van der Waals surface area contributed by atoms with Crippen LogP contribution in [-0.2, 0) is 6.54 Å². The zero-order valence-electron chi connectivity index (χ0n) is 10.8. The Morgan fingerprint density at radius 2 is 2.15 bits per heavy atom. The molecule has 1 N–H and O–H groups in total. The Hall–Kier alpha value is -2.25. The first-order valence-electron chi connectivity index (χ1n) is 5.90. The first-order valence-corrected chi connectivity index (χ1v) is 6.28. The van der Waals surface area contributed by atoms with Crippen LogP contribution in [0.3, 0.4) is 0 Å². The van der Waals surface area contributed by atoms with E-state index in [1.54, 1.807) is 24.3 Å². The van der Waals surface area contributed by atoms with Crippen LogP contribution < -0.4 is 10.1 Å².